The first-order chi connectivity index (χ1) is 14.8. The van der Waals surface area contributed by atoms with Crippen molar-refractivity contribution in [2.24, 2.45) is 7.05 Å². The molecule has 0 spiro atoms. The van der Waals surface area contributed by atoms with Crippen molar-refractivity contribution in [2.45, 2.75) is 33.2 Å². The molecule has 164 valence electrons. The summed E-state index contributed by atoms with van der Waals surface area (Å²) in [6.45, 7) is 4.88. The number of carbonyl (C=O) groups is 2. The number of ether oxygens (including phenoxy) is 2. The Balaban J connectivity index is 1.68. The predicted molar refractivity (Wildman–Crippen MR) is 116 cm³/mol. The molecule has 0 unspecified atom stereocenters. The molecule has 0 atom stereocenters. The predicted octanol–water partition coefficient (Wildman–Crippen LogP) is 2.36. The number of methoxy groups -OCH3 is 1. The number of fused-ring (bicyclic) bond motifs is 1. The zero-order chi connectivity index (χ0) is 22.5. The van der Waals surface area contributed by atoms with Crippen molar-refractivity contribution >= 4 is 22.5 Å². The van der Waals surface area contributed by atoms with Gasteiger partial charge in [-0.3, -0.25) is 14.4 Å². The van der Waals surface area contributed by atoms with Gasteiger partial charge in [0, 0.05) is 49.6 Å². The Hall–Kier alpha value is -3.26. The lowest BCUT2D eigenvalue weighted by Gasteiger charge is -2.10. The lowest BCUT2D eigenvalue weighted by atomic mass is 10.1. The summed E-state index contributed by atoms with van der Waals surface area (Å²) < 4.78 is 13.6. The second kappa shape index (κ2) is 9.70. The Kier molecular flexibility index (Phi) is 7.02. The van der Waals surface area contributed by atoms with Crippen LogP contribution in [0.25, 0.3) is 10.8 Å². The SMILES string of the molecule is COCCCn1c(C)cc(C(=O)COC(=O)Cc2nn(C)c(=O)c3ccccc23)c1C. The Morgan fingerprint density at radius 3 is 2.55 bits per heavy atom. The lowest BCUT2D eigenvalue weighted by Crippen LogP contribution is -2.23. The highest BCUT2D eigenvalue weighted by Gasteiger charge is 2.18. The largest absolute Gasteiger partial charge is 0.457 e. The minimum Gasteiger partial charge on any atom is -0.457 e. The van der Waals surface area contributed by atoms with Gasteiger partial charge in [-0.15, -0.1) is 0 Å². The van der Waals surface area contributed by atoms with Crippen LogP contribution in [-0.2, 0) is 34.3 Å². The van der Waals surface area contributed by atoms with Gasteiger partial charge in [-0.05, 0) is 32.4 Å². The molecular weight excluding hydrogens is 398 g/mol. The molecule has 1 aromatic carbocycles. The topological polar surface area (TPSA) is 92.4 Å². The van der Waals surface area contributed by atoms with E-state index in [-0.39, 0.29) is 24.4 Å². The maximum atomic E-state index is 12.7. The number of rotatable bonds is 9. The summed E-state index contributed by atoms with van der Waals surface area (Å²) in [7, 11) is 3.20. The van der Waals surface area contributed by atoms with E-state index in [0.717, 1.165) is 24.4 Å². The van der Waals surface area contributed by atoms with Gasteiger partial charge in [-0.25, -0.2) is 4.68 Å². The number of esters is 1. The molecule has 0 amide bonds. The van der Waals surface area contributed by atoms with Crippen molar-refractivity contribution in [1.82, 2.24) is 14.3 Å². The maximum Gasteiger partial charge on any atom is 0.312 e. The van der Waals surface area contributed by atoms with E-state index in [1.165, 1.54) is 11.7 Å². The molecule has 0 radical (unpaired) electrons. The molecule has 0 saturated carbocycles. The Labute approximate surface area is 180 Å². The molecule has 0 aliphatic carbocycles. The summed E-state index contributed by atoms with van der Waals surface area (Å²) in [5.74, 6) is -0.823. The van der Waals surface area contributed by atoms with Crippen LogP contribution in [0, 0.1) is 13.8 Å². The quantitative estimate of drug-likeness (QED) is 0.297. The summed E-state index contributed by atoms with van der Waals surface area (Å²) in [6.07, 6.45) is 0.716. The van der Waals surface area contributed by atoms with Crippen LogP contribution in [0.2, 0.25) is 0 Å². The van der Waals surface area contributed by atoms with E-state index < -0.39 is 5.97 Å². The van der Waals surface area contributed by atoms with Crippen LogP contribution < -0.4 is 5.56 Å². The zero-order valence-electron chi connectivity index (χ0n) is 18.3. The van der Waals surface area contributed by atoms with Crippen LogP contribution in [-0.4, -0.2) is 46.4 Å². The van der Waals surface area contributed by atoms with Crippen LogP contribution in [0.15, 0.2) is 35.1 Å². The van der Waals surface area contributed by atoms with Gasteiger partial charge in [0.1, 0.15) is 0 Å². The van der Waals surface area contributed by atoms with E-state index in [0.29, 0.717) is 28.6 Å². The fourth-order valence-corrected chi connectivity index (χ4v) is 3.71. The van der Waals surface area contributed by atoms with Gasteiger partial charge in [0.25, 0.3) is 5.56 Å². The third-order valence-electron chi connectivity index (χ3n) is 5.31. The molecule has 0 fully saturated rings. The average molecular weight is 425 g/mol. The highest BCUT2D eigenvalue weighted by molar-refractivity contribution is 5.99. The monoisotopic (exact) mass is 425 g/mol. The van der Waals surface area contributed by atoms with Crippen LogP contribution in [0.1, 0.15) is 33.9 Å². The number of hydrogen-bond donors (Lipinski definition) is 0. The first kappa shape index (κ1) is 22.4. The molecule has 3 rings (SSSR count). The summed E-state index contributed by atoms with van der Waals surface area (Å²) in [5.41, 5.74) is 2.58. The second-order valence-corrected chi connectivity index (χ2v) is 7.46. The van der Waals surface area contributed by atoms with E-state index in [1.54, 1.807) is 31.4 Å². The fourth-order valence-electron chi connectivity index (χ4n) is 3.71. The number of aromatic nitrogens is 3. The third-order valence-corrected chi connectivity index (χ3v) is 5.31. The van der Waals surface area contributed by atoms with Crippen molar-refractivity contribution in [3.05, 3.63) is 63.3 Å². The van der Waals surface area contributed by atoms with E-state index in [9.17, 15) is 14.4 Å². The summed E-state index contributed by atoms with van der Waals surface area (Å²) in [6, 6.07) is 8.80. The number of carbonyl (C=O) groups excluding carboxylic acids is 2. The molecule has 0 aliphatic heterocycles. The molecule has 0 aliphatic rings. The number of aryl methyl sites for hydroxylation is 2. The van der Waals surface area contributed by atoms with Crippen LogP contribution >= 0.6 is 0 Å². The van der Waals surface area contributed by atoms with Crippen LogP contribution in [0.3, 0.4) is 0 Å². The van der Waals surface area contributed by atoms with Crippen LogP contribution in [0.4, 0.5) is 0 Å². The van der Waals surface area contributed by atoms with Crippen molar-refractivity contribution in [3.8, 4) is 0 Å². The molecule has 0 saturated heterocycles. The van der Waals surface area contributed by atoms with Gasteiger partial charge < -0.3 is 14.0 Å². The van der Waals surface area contributed by atoms with Gasteiger partial charge in [0.15, 0.2) is 6.61 Å². The second-order valence-electron chi connectivity index (χ2n) is 7.46. The Bertz CT molecular complexity index is 1180. The standard InChI is InChI=1S/C23H27N3O5/c1-15-12-19(16(2)26(15)10-7-11-30-4)21(27)14-31-22(28)13-20-17-8-5-6-9-18(17)23(29)25(3)24-20/h5-6,8-9,12H,7,10-11,13-14H2,1-4H3. The number of hydrogen-bond acceptors (Lipinski definition) is 6. The molecule has 8 heteroatoms. The van der Waals surface area contributed by atoms with Crippen molar-refractivity contribution in [1.29, 1.82) is 0 Å². The minimum atomic E-state index is -0.571. The van der Waals surface area contributed by atoms with Gasteiger partial charge in [0.2, 0.25) is 5.78 Å². The van der Waals surface area contributed by atoms with E-state index >= 15 is 0 Å². The van der Waals surface area contributed by atoms with E-state index in [2.05, 4.69) is 9.67 Å². The average Bonchev–Trinajstić information content (AvgIpc) is 3.04. The molecule has 2 aromatic heterocycles. The number of benzene rings is 1. The summed E-state index contributed by atoms with van der Waals surface area (Å²) >= 11 is 0. The smallest absolute Gasteiger partial charge is 0.312 e. The highest BCUT2D eigenvalue weighted by atomic mass is 16.5. The molecule has 3 aromatic rings. The fraction of sp³-hybridized carbons (Fsp3) is 0.391. The molecule has 2 heterocycles. The molecule has 8 nitrogen and oxygen atoms in total. The zero-order valence-corrected chi connectivity index (χ0v) is 18.3. The maximum absolute atomic E-state index is 12.7. The van der Waals surface area contributed by atoms with Gasteiger partial charge in [0.05, 0.1) is 17.5 Å². The molecule has 0 N–H and O–H groups in total. The van der Waals surface area contributed by atoms with Gasteiger partial charge in [-0.2, -0.15) is 5.10 Å². The van der Waals surface area contributed by atoms with Crippen LogP contribution in [0.5, 0.6) is 0 Å². The minimum absolute atomic E-state index is 0.127. The van der Waals surface area contributed by atoms with E-state index in [4.69, 9.17) is 9.47 Å². The Morgan fingerprint density at radius 2 is 1.84 bits per heavy atom. The first-order valence-electron chi connectivity index (χ1n) is 10.1. The summed E-state index contributed by atoms with van der Waals surface area (Å²) in [4.78, 5) is 37.3. The Morgan fingerprint density at radius 1 is 1.13 bits per heavy atom. The number of nitrogens with zero attached hydrogens (tertiary/aromatic N) is 3. The molecular formula is C23H27N3O5. The van der Waals surface area contributed by atoms with Gasteiger partial charge >= 0.3 is 5.97 Å². The summed E-state index contributed by atoms with van der Waals surface area (Å²) in [5, 5.41) is 5.29. The molecule has 0 bridgehead atoms. The van der Waals surface area contributed by atoms with Gasteiger partial charge in [-0.1, -0.05) is 18.2 Å². The normalized spacial score (nSPS) is 11.1. The van der Waals surface area contributed by atoms with Crippen molar-refractivity contribution in [3.63, 3.8) is 0 Å². The molecule has 31 heavy (non-hydrogen) atoms. The lowest BCUT2D eigenvalue weighted by molar-refractivity contribution is -0.141. The van der Waals surface area contributed by atoms with Crippen molar-refractivity contribution in [2.75, 3.05) is 20.3 Å². The first-order valence-corrected chi connectivity index (χ1v) is 10.1. The van der Waals surface area contributed by atoms with E-state index in [1.807, 2.05) is 19.9 Å². The third kappa shape index (κ3) is 4.91. The van der Waals surface area contributed by atoms with Crippen molar-refractivity contribution < 1.29 is 19.1 Å². The number of Topliss-reactive ketones (excluding diaryl/α,β-unsaturated/α-hetero) is 1. The highest BCUT2D eigenvalue weighted by Crippen LogP contribution is 2.17. The number of ketones is 1.